The number of carbonyl (C=O) groups excluding carboxylic acids is 1. The first-order valence-corrected chi connectivity index (χ1v) is 5.01. The Kier molecular flexibility index (Phi) is 5.16. The molecule has 0 aromatic rings. The van der Waals surface area contributed by atoms with Crippen molar-refractivity contribution in [2.24, 2.45) is 5.73 Å². The molecule has 0 saturated heterocycles. The normalized spacial score (nSPS) is 14.2. The van der Waals surface area contributed by atoms with E-state index in [0.717, 1.165) is 0 Å². The average molecular weight is 217 g/mol. The third-order valence-electron chi connectivity index (χ3n) is 1.18. The summed E-state index contributed by atoms with van der Waals surface area (Å²) in [6, 6.07) is 0. The SMILES string of the molecule is NCCCS(=O)CC(=O)C(F)(F)F. The molecule has 0 saturated carbocycles. The van der Waals surface area contributed by atoms with Gasteiger partial charge in [0.05, 0.1) is 5.75 Å². The molecule has 0 aliphatic heterocycles. The van der Waals surface area contributed by atoms with Crippen LogP contribution in [0.4, 0.5) is 13.2 Å². The fourth-order valence-electron chi connectivity index (χ4n) is 0.545. The van der Waals surface area contributed by atoms with Crippen molar-refractivity contribution in [3.8, 4) is 0 Å². The van der Waals surface area contributed by atoms with Crippen molar-refractivity contribution >= 4 is 16.6 Å². The molecule has 13 heavy (non-hydrogen) atoms. The summed E-state index contributed by atoms with van der Waals surface area (Å²) in [4.78, 5) is 10.3. The minimum atomic E-state index is -4.88. The van der Waals surface area contributed by atoms with Crippen molar-refractivity contribution < 1.29 is 22.2 Å². The van der Waals surface area contributed by atoms with Crippen LogP contribution in [0.25, 0.3) is 0 Å². The first-order valence-electron chi connectivity index (χ1n) is 3.53. The molecule has 0 spiro atoms. The third kappa shape index (κ3) is 5.75. The molecule has 0 rings (SSSR count). The van der Waals surface area contributed by atoms with Gasteiger partial charge in [-0.15, -0.1) is 0 Å². The summed E-state index contributed by atoms with van der Waals surface area (Å²) in [5.74, 6) is -2.86. The van der Waals surface area contributed by atoms with Gasteiger partial charge in [0.2, 0.25) is 5.78 Å². The van der Waals surface area contributed by atoms with Gasteiger partial charge in [0.1, 0.15) is 0 Å². The average Bonchev–Trinajstić information content (AvgIpc) is 1.99. The summed E-state index contributed by atoms with van der Waals surface area (Å²) >= 11 is 0. The van der Waals surface area contributed by atoms with Crippen molar-refractivity contribution in [3.63, 3.8) is 0 Å². The number of Topliss-reactive ketones (excluding diaryl/α,β-unsaturated/α-hetero) is 1. The number of hydrogen-bond acceptors (Lipinski definition) is 3. The fourth-order valence-corrected chi connectivity index (χ4v) is 1.63. The lowest BCUT2D eigenvalue weighted by Crippen LogP contribution is -2.28. The maximum absolute atomic E-state index is 11.6. The lowest BCUT2D eigenvalue weighted by atomic mass is 10.4. The zero-order chi connectivity index (χ0) is 10.5. The van der Waals surface area contributed by atoms with Gasteiger partial charge >= 0.3 is 6.18 Å². The van der Waals surface area contributed by atoms with Crippen molar-refractivity contribution in [2.45, 2.75) is 12.6 Å². The van der Waals surface area contributed by atoms with Crippen molar-refractivity contribution in [2.75, 3.05) is 18.1 Å². The zero-order valence-corrected chi connectivity index (χ0v) is 7.58. The van der Waals surface area contributed by atoms with Crippen molar-refractivity contribution in [1.82, 2.24) is 0 Å². The topological polar surface area (TPSA) is 60.2 Å². The number of nitrogens with two attached hydrogens (primary N) is 1. The second kappa shape index (κ2) is 5.33. The van der Waals surface area contributed by atoms with Gasteiger partial charge in [-0.1, -0.05) is 0 Å². The van der Waals surface area contributed by atoms with Crippen LogP contribution in [0.15, 0.2) is 0 Å². The number of hydrogen-bond donors (Lipinski definition) is 1. The van der Waals surface area contributed by atoms with E-state index < -0.39 is 28.5 Å². The fraction of sp³-hybridized carbons (Fsp3) is 0.833. The summed E-state index contributed by atoms with van der Waals surface area (Å²) in [5.41, 5.74) is 5.05. The van der Waals surface area contributed by atoms with Crippen LogP contribution in [0.3, 0.4) is 0 Å². The van der Waals surface area contributed by atoms with Gasteiger partial charge in [0.15, 0.2) is 0 Å². The Labute approximate surface area is 75.9 Å². The molecule has 0 bridgehead atoms. The van der Waals surface area contributed by atoms with Crippen LogP contribution in [0, 0.1) is 0 Å². The van der Waals surface area contributed by atoms with E-state index in [-0.39, 0.29) is 12.3 Å². The van der Waals surface area contributed by atoms with Gasteiger partial charge in [0.25, 0.3) is 0 Å². The summed E-state index contributed by atoms with van der Waals surface area (Å²) < 4.78 is 45.7. The Morgan fingerprint density at radius 3 is 2.31 bits per heavy atom. The van der Waals surface area contributed by atoms with E-state index in [1.54, 1.807) is 0 Å². The van der Waals surface area contributed by atoms with E-state index in [9.17, 15) is 22.2 Å². The summed E-state index contributed by atoms with van der Waals surface area (Å²) in [5, 5.41) is 0. The van der Waals surface area contributed by atoms with E-state index in [0.29, 0.717) is 6.42 Å². The molecule has 0 aliphatic carbocycles. The monoisotopic (exact) mass is 217 g/mol. The molecule has 7 heteroatoms. The van der Waals surface area contributed by atoms with E-state index in [2.05, 4.69) is 0 Å². The Hall–Kier alpha value is -0.430. The van der Waals surface area contributed by atoms with Crippen molar-refractivity contribution in [3.05, 3.63) is 0 Å². The standard InChI is InChI=1S/C6H10F3NO2S/c7-6(8,9)5(11)4-13(12)3-1-2-10/h1-4,10H2. The van der Waals surface area contributed by atoms with Crippen LogP contribution in [-0.4, -0.2) is 34.2 Å². The third-order valence-corrected chi connectivity index (χ3v) is 2.51. The number of rotatable bonds is 5. The molecule has 0 aromatic carbocycles. The highest BCUT2D eigenvalue weighted by molar-refractivity contribution is 7.85. The quantitative estimate of drug-likeness (QED) is 0.716. The minimum absolute atomic E-state index is 0.0400. The van der Waals surface area contributed by atoms with Gasteiger partial charge in [-0.3, -0.25) is 9.00 Å². The number of alkyl halides is 3. The first kappa shape index (κ1) is 12.6. The largest absolute Gasteiger partial charge is 0.450 e. The summed E-state index contributed by atoms with van der Waals surface area (Å²) in [7, 11) is -1.75. The van der Waals surface area contributed by atoms with Crippen LogP contribution in [-0.2, 0) is 15.6 Å². The van der Waals surface area contributed by atoms with Crippen LogP contribution in [0.1, 0.15) is 6.42 Å². The minimum Gasteiger partial charge on any atom is -0.330 e. The van der Waals surface area contributed by atoms with Gasteiger partial charge in [-0.2, -0.15) is 13.2 Å². The highest BCUT2D eigenvalue weighted by Gasteiger charge is 2.38. The predicted octanol–water partition coefficient (Wildman–Crippen LogP) is 0.215. The molecule has 0 aromatic heterocycles. The lowest BCUT2D eigenvalue weighted by molar-refractivity contribution is -0.168. The number of halogens is 3. The highest BCUT2D eigenvalue weighted by Crippen LogP contribution is 2.16. The Morgan fingerprint density at radius 1 is 1.38 bits per heavy atom. The Morgan fingerprint density at radius 2 is 1.92 bits per heavy atom. The molecule has 0 amide bonds. The number of carbonyl (C=O) groups is 1. The first-order chi connectivity index (χ1) is 5.88. The molecule has 3 nitrogen and oxygen atoms in total. The van der Waals surface area contributed by atoms with Crippen LogP contribution >= 0.6 is 0 Å². The second-order valence-corrected chi connectivity index (χ2v) is 3.93. The Bertz CT molecular complexity index is 205. The summed E-state index contributed by atoms with van der Waals surface area (Å²) in [6.07, 6.45) is -4.52. The Balaban J connectivity index is 3.86. The van der Waals surface area contributed by atoms with Crippen LogP contribution in [0.5, 0.6) is 0 Å². The molecular formula is C6H10F3NO2S. The van der Waals surface area contributed by atoms with Crippen LogP contribution < -0.4 is 5.73 Å². The number of ketones is 1. The molecule has 0 fully saturated rings. The van der Waals surface area contributed by atoms with E-state index in [1.165, 1.54) is 0 Å². The maximum atomic E-state index is 11.6. The highest BCUT2D eigenvalue weighted by atomic mass is 32.2. The van der Waals surface area contributed by atoms with Gasteiger partial charge in [0, 0.05) is 16.6 Å². The van der Waals surface area contributed by atoms with Crippen molar-refractivity contribution in [1.29, 1.82) is 0 Å². The van der Waals surface area contributed by atoms with E-state index in [4.69, 9.17) is 5.73 Å². The molecule has 0 heterocycles. The van der Waals surface area contributed by atoms with E-state index in [1.807, 2.05) is 0 Å². The van der Waals surface area contributed by atoms with E-state index >= 15 is 0 Å². The van der Waals surface area contributed by atoms with Gasteiger partial charge in [-0.05, 0) is 13.0 Å². The molecule has 0 aliphatic rings. The molecule has 78 valence electrons. The zero-order valence-electron chi connectivity index (χ0n) is 6.76. The maximum Gasteiger partial charge on any atom is 0.450 e. The molecule has 1 atom stereocenters. The smallest absolute Gasteiger partial charge is 0.330 e. The molecule has 1 unspecified atom stereocenters. The summed E-state index contributed by atoms with van der Waals surface area (Å²) in [6.45, 7) is 0.256. The lowest BCUT2D eigenvalue weighted by Gasteiger charge is -2.04. The predicted molar refractivity (Wildman–Crippen MR) is 42.6 cm³/mol. The molecule has 2 N–H and O–H groups in total. The second-order valence-electron chi connectivity index (χ2n) is 2.35. The van der Waals surface area contributed by atoms with Gasteiger partial charge < -0.3 is 5.73 Å². The molecular weight excluding hydrogens is 207 g/mol. The van der Waals surface area contributed by atoms with Gasteiger partial charge in [-0.25, -0.2) is 0 Å². The molecule has 0 radical (unpaired) electrons. The van der Waals surface area contributed by atoms with Crippen LogP contribution in [0.2, 0.25) is 0 Å².